The largest absolute Gasteiger partial charge is 0.391 e. The van der Waals surface area contributed by atoms with Crippen LogP contribution >= 0.6 is 15.9 Å². The van der Waals surface area contributed by atoms with Gasteiger partial charge in [0, 0.05) is 24.6 Å². The van der Waals surface area contributed by atoms with Crippen molar-refractivity contribution in [2.24, 2.45) is 0 Å². The second-order valence-corrected chi connectivity index (χ2v) is 6.32. The molecule has 1 N–H and O–H groups in total. The van der Waals surface area contributed by atoms with Gasteiger partial charge in [-0.1, -0.05) is 20.8 Å². The van der Waals surface area contributed by atoms with Crippen molar-refractivity contribution in [1.82, 2.24) is 9.97 Å². The van der Waals surface area contributed by atoms with Crippen molar-refractivity contribution in [3.05, 3.63) is 16.5 Å². The van der Waals surface area contributed by atoms with Gasteiger partial charge in [-0.2, -0.15) is 0 Å². The van der Waals surface area contributed by atoms with E-state index in [0.717, 1.165) is 29.2 Å². The van der Waals surface area contributed by atoms with E-state index in [0.29, 0.717) is 6.54 Å². The van der Waals surface area contributed by atoms with Gasteiger partial charge in [-0.15, -0.1) is 0 Å². The summed E-state index contributed by atoms with van der Waals surface area (Å²) in [4.78, 5) is 11.1. The van der Waals surface area contributed by atoms with Crippen molar-refractivity contribution in [3.63, 3.8) is 0 Å². The Hall–Kier alpha value is -0.680. The van der Waals surface area contributed by atoms with E-state index in [1.54, 1.807) is 0 Å². The maximum absolute atomic E-state index is 9.56. The number of β-amino-alcohol motifs (C(OH)–C–C–N with tert-alkyl or cyclic N) is 1. The van der Waals surface area contributed by atoms with Crippen LogP contribution in [0.2, 0.25) is 0 Å². The monoisotopic (exact) mass is 299 g/mol. The first-order valence-electron chi connectivity index (χ1n) is 5.84. The van der Waals surface area contributed by atoms with Gasteiger partial charge < -0.3 is 10.0 Å². The average molecular weight is 300 g/mol. The fourth-order valence-electron chi connectivity index (χ4n) is 1.85. The summed E-state index contributed by atoms with van der Waals surface area (Å²) in [5.41, 5.74) is -0.0725. The van der Waals surface area contributed by atoms with E-state index in [9.17, 15) is 5.11 Å². The molecule has 2 heterocycles. The summed E-state index contributed by atoms with van der Waals surface area (Å²) >= 11 is 3.43. The quantitative estimate of drug-likeness (QED) is 0.807. The van der Waals surface area contributed by atoms with Gasteiger partial charge in [0.1, 0.15) is 16.2 Å². The molecule has 1 aromatic heterocycles. The number of rotatable bonds is 1. The number of hydrogen-bond donors (Lipinski definition) is 1. The first-order chi connectivity index (χ1) is 7.86. The summed E-state index contributed by atoms with van der Waals surface area (Å²) in [7, 11) is 0. The third-order valence-electron chi connectivity index (χ3n) is 2.84. The number of nitrogens with zero attached hydrogens (tertiary/aromatic N) is 3. The molecule has 0 amide bonds. The molecule has 0 radical (unpaired) electrons. The standard InChI is InChI=1S/C12H18BrN3O/c1-12(2,3)11-14-9(13)6-10(15-11)16-5-4-8(17)7-16/h6,8,17H,4-5,7H2,1-3H3. The molecular weight excluding hydrogens is 282 g/mol. The van der Waals surface area contributed by atoms with Crippen LogP contribution in [0.1, 0.15) is 33.0 Å². The topological polar surface area (TPSA) is 49.2 Å². The predicted molar refractivity (Wildman–Crippen MR) is 71.3 cm³/mol. The van der Waals surface area contributed by atoms with Crippen molar-refractivity contribution < 1.29 is 5.11 Å². The molecule has 4 nitrogen and oxygen atoms in total. The molecule has 1 atom stereocenters. The Balaban J connectivity index is 2.32. The second-order valence-electron chi connectivity index (χ2n) is 5.51. The van der Waals surface area contributed by atoms with E-state index in [1.807, 2.05) is 6.07 Å². The normalized spacial score (nSPS) is 21.0. The van der Waals surface area contributed by atoms with Gasteiger partial charge in [-0.3, -0.25) is 0 Å². The minimum Gasteiger partial charge on any atom is -0.391 e. The van der Waals surface area contributed by atoms with Crippen LogP contribution in [-0.2, 0) is 5.41 Å². The number of hydrogen-bond acceptors (Lipinski definition) is 4. The lowest BCUT2D eigenvalue weighted by atomic mass is 9.96. The van der Waals surface area contributed by atoms with Crippen molar-refractivity contribution in [2.75, 3.05) is 18.0 Å². The van der Waals surface area contributed by atoms with E-state index < -0.39 is 0 Å². The zero-order valence-electron chi connectivity index (χ0n) is 10.4. The summed E-state index contributed by atoms with van der Waals surface area (Å²) < 4.78 is 0.800. The maximum atomic E-state index is 9.56. The summed E-state index contributed by atoms with van der Waals surface area (Å²) in [6.45, 7) is 7.80. The minimum atomic E-state index is -0.234. The molecule has 1 saturated heterocycles. The molecule has 5 heteroatoms. The third-order valence-corrected chi connectivity index (χ3v) is 3.25. The van der Waals surface area contributed by atoms with Crippen molar-refractivity contribution in [1.29, 1.82) is 0 Å². The van der Waals surface area contributed by atoms with E-state index in [4.69, 9.17) is 0 Å². The molecular formula is C12H18BrN3O. The highest BCUT2D eigenvalue weighted by atomic mass is 79.9. The van der Waals surface area contributed by atoms with Gasteiger partial charge in [0.05, 0.1) is 6.10 Å². The molecule has 2 rings (SSSR count). The van der Waals surface area contributed by atoms with Crippen LogP contribution in [0.25, 0.3) is 0 Å². The first-order valence-corrected chi connectivity index (χ1v) is 6.63. The van der Waals surface area contributed by atoms with Crippen molar-refractivity contribution >= 4 is 21.7 Å². The summed E-state index contributed by atoms with van der Waals surface area (Å²) in [5, 5.41) is 9.56. The molecule has 0 aromatic carbocycles. The lowest BCUT2D eigenvalue weighted by Gasteiger charge is -2.21. The summed E-state index contributed by atoms with van der Waals surface area (Å²) in [6.07, 6.45) is 0.578. The van der Waals surface area contributed by atoms with Gasteiger partial charge in [-0.05, 0) is 22.4 Å². The fourth-order valence-corrected chi connectivity index (χ4v) is 2.23. The van der Waals surface area contributed by atoms with Gasteiger partial charge in [0.2, 0.25) is 0 Å². The van der Waals surface area contributed by atoms with Crippen molar-refractivity contribution in [3.8, 4) is 0 Å². The maximum Gasteiger partial charge on any atom is 0.137 e. The van der Waals surface area contributed by atoms with Crippen LogP contribution in [0.4, 0.5) is 5.82 Å². The van der Waals surface area contributed by atoms with Crippen molar-refractivity contribution in [2.45, 2.75) is 38.7 Å². The van der Waals surface area contributed by atoms with Crippen LogP contribution in [0.5, 0.6) is 0 Å². The van der Waals surface area contributed by atoms with E-state index in [-0.39, 0.29) is 11.5 Å². The number of aliphatic hydroxyl groups excluding tert-OH is 1. The molecule has 1 unspecified atom stereocenters. The van der Waals surface area contributed by atoms with E-state index in [2.05, 4.69) is 51.6 Å². The van der Waals surface area contributed by atoms with Crippen LogP contribution in [0.3, 0.4) is 0 Å². The van der Waals surface area contributed by atoms with Gasteiger partial charge in [-0.25, -0.2) is 9.97 Å². The van der Waals surface area contributed by atoms with Gasteiger partial charge in [0.15, 0.2) is 0 Å². The van der Waals surface area contributed by atoms with Gasteiger partial charge in [0.25, 0.3) is 0 Å². The molecule has 1 aromatic rings. The molecule has 0 aliphatic carbocycles. The molecule has 0 saturated carbocycles. The molecule has 94 valence electrons. The summed E-state index contributed by atoms with van der Waals surface area (Å²) in [6, 6.07) is 1.91. The smallest absolute Gasteiger partial charge is 0.137 e. The Morgan fingerprint density at radius 1 is 1.41 bits per heavy atom. The fraction of sp³-hybridized carbons (Fsp3) is 0.667. The molecule has 0 spiro atoms. The number of aromatic nitrogens is 2. The molecule has 0 bridgehead atoms. The Morgan fingerprint density at radius 2 is 2.12 bits per heavy atom. The van der Waals surface area contributed by atoms with Crippen LogP contribution < -0.4 is 4.90 Å². The molecule has 1 aliphatic rings. The van der Waals surface area contributed by atoms with Crippen LogP contribution in [0.15, 0.2) is 10.7 Å². The SMILES string of the molecule is CC(C)(C)c1nc(Br)cc(N2CCC(O)C2)n1. The Morgan fingerprint density at radius 3 is 2.65 bits per heavy atom. The first kappa shape index (κ1) is 12.8. The minimum absolute atomic E-state index is 0.0725. The molecule has 1 fully saturated rings. The zero-order chi connectivity index (χ0) is 12.6. The van der Waals surface area contributed by atoms with E-state index in [1.165, 1.54) is 0 Å². The lowest BCUT2D eigenvalue weighted by molar-refractivity contribution is 0.198. The average Bonchev–Trinajstić information content (AvgIpc) is 2.62. The summed E-state index contributed by atoms with van der Waals surface area (Å²) in [5.74, 6) is 1.72. The highest BCUT2D eigenvalue weighted by Gasteiger charge is 2.24. The van der Waals surface area contributed by atoms with E-state index >= 15 is 0 Å². The number of halogens is 1. The molecule has 1 aliphatic heterocycles. The van der Waals surface area contributed by atoms with Crippen LogP contribution in [-0.4, -0.2) is 34.3 Å². The highest BCUT2D eigenvalue weighted by molar-refractivity contribution is 9.10. The highest BCUT2D eigenvalue weighted by Crippen LogP contribution is 2.26. The zero-order valence-corrected chi connectivity index (χ0v) is 12.0. The second kappa shape index (κ2) is 4.53. The number of aliphatic hydroxyl groups is 1. The Bertz CT molecular complexity index is 417. The third kappa shape index (κ3) is 2.96. The Kier molecular flexibility index (Phi) is 3.41. The molecule has 17 heavy (non-hydrogen) atoms. The predicted octanol–water partition coefficient (Wildman–Crippen LogP) is 2.11. The van der Waals surface area contributed by atoms with Crippen LogP contribution in [0, 0.1) is 0 Å². The number of anilines is 1. The Labute approximate surface area is 110 Å². The lowest BCUT2D eigenvalue weighted by Crippen LogP contribution is -2.25. The van der Waals surface area contributed by atoms with Gasteiger partial charge >= 0.3 is 0 Å².